The van der Waals surface area contributed by atoms with Crippen molar-refractivity contribution in [1.82, 2.24) is 9.88 Å². The fourth-order valence-corrected chi connectivity index (χ4v) is 4.37. The van der Waals surface area contributed by atoms with Crippen molar-refractivity contribution in [2.45, 2.75) is 6.54 Å². The minimum absolute atomic E-state index is 0.871. The van der Waals surface area contributed by atoms with Gasteiger partial charge in [0.25, 0.3) is 0 Å². The van der Waals surface area contributed by atoms with Crippen LogP contribution in [0.2, 0.25) is 0 Å². The smallest absolute Gasteiger partial charge is 0.129 e. The molecule has 0 spiro atoms. The van der Waals surface area contributed by atoms with E-state index in [1.54, 1.807) is 25.6 Å². The molecule has 1 aliphatic heterocycles. The molecule has 0 unspecified atom stereocenters. The van der Waals surface area contributed by atoms with Crippen molar-refractivity contribution < 1.29 is 9.47 Å². The van der Waals surface area contributed by atoms with Crippen molar-refractivity contribution in [1.29, 1.82) is 0 Å². The average Bonchev–Trinajstić information content (AvgIpc) is 3.22. The molecule has 28 heavy (non-hydrogen) atoms. The predicted octanol–water partition coefficient (Wildman–Crippen LogP) is 4.15. The molecule has 5 nitrogen and oxygen atoms in total. The topological polar surface area (TPSA) is 37.8 Å². The van der Waals surface area contributed by atoms with Gasteiger partial charge in [0.1, 0.15) is 16.5 Å². The van der Waals surface area contributed by atoms with E-state index in [0.717, 1.165) is 60.5 Å². The van der Waals surface area contributed by atoms with Crippen molar-refractivity contribution in [3.63, 3.8) is 0 Å². The SMILES string of the molecule is COc1cccc(N2CCN(Cc3csc(-c4ccccc4OC)n3)CC2)c1. The van der Waals surface area contributed by atoms with Crippen LogP contribution in [0.15, 0.2) is 53.9 Å². The molecule has 0 N–H and O–H groups in total. The Balaban J connectivity index is 1.37. The van der Waals surface area contributed by atoms with Gasteiger partial charge in [-0.2, -0.15) is 0 Å². The molecule has 0 saturated carbocycles. The quantitative estimate of drug-likeness (QED) is 0.627. The molecule has 0 bridgehead atoms. The van der Waals surface area contributed by atoms with Gasteiger partial charge in [0.05, 0.1) is 25.5 Å². The molecule has 4 rings (SSSR count). The van der Waals surface area contributed by atoms with E-state index in [-0.39, 0.29) is 0 Å². The van der Waals surface area contributed by atoms with Crippen LogP contribution in [0.1, 0.15) is 5.69 Å². The van der Waals surface area contributed by atoms with Crippen molar-refractivity contribution in [2.75, 3.05) is 45.3 Å². The summed E-state index contributed by atoms with van der Waals surface area (Å²) < 4.78 is 10.8. The molecule has 0 amide bonds. The second kappa shape index (κ2) is 8.63. The van der Waals surface area contributed by atoms with Crippen LogP contribution in [-0.4, -0.2) is 50.3 Å². The van der Waals surface area contributed by atoms with Crippen LogP contribution >= 0.6 is 11.3 Å². The number of anilines is 1. The molecule has 1 aromatic heterocycles. The Morgan fingerprint density at radius 2 is 1.79 bits per heavy atom. The number of hydrogen-bond donors (Lipinski definition) is 0. The van der Waals surface area contributed by atoms with Gasteiger partial charge in [-0.3, -0.25) is 4.90 Å². The van der Waals surface area contributed by atoms with Crippen LogP contribution < -0.4 is 14.4 Å². The second-order valence-electron chi connectivity index (χ2n) is 6.81. The lowest BCUT2D eigenvalue weighted by Gasteiger charge is -2.35. The molecule has 0 atom stereocenters. The van der Waals surface area contributed by atoms with Crippen molar-refractivity contribution in [3.8, 4) is 22.1 Å². The van der Waals surface area contributed by atoms with Gasteiger partial charge in [0.2, 0.25) is 0 Å². The lowest BCUT2D eigenvalue weighted by molar-refractivity contribution is 0.247. The van der Waals surface area contributed by atoms with Crippen molar-refractivity contribution in [2.24, 2.45) is 0 Å². The predicted molar refractivity (Wildman–Crippen MR) is 115 cm³/mol. The fourth-order valence-electron chi connectivity index (χ4n) is 3.53. The van der Waals surface area contributed by atoms with E-state index in [1.165, 1.54) is 5.69 Å². The first-order valence-corrected chi connectivity index (χ1v) is 10.3. The molecule has 1 aliphatic rings. The Morgan fingerprint density at radius 1 is 0.964 bits per heavy atom. The zero-order valence-corrected chi connectivity index (χ0v) is 17.1. The van der Waals surface area contributed by atoms with Gasteiger partial charge in [0, 0.05) is 49.9 Å². The lowest BCUT2D eigenvalue weighted by atomic mass is 10.2. The molecule has 146 valence electrons. The van der Waals surface area contributed by atoms with E-state index < -0.39 is 0 Å². The maximum atomic E-state index is 5.47. The van der Waals surface area contributed by atoms with E-state index in [1.807, 2.05) is 24.3 Å². The number of hydrogen-bond acceptors (Lipinski definition) is 6. The van der Waals surface area contributed by atoms with E-state index in [0.29, 0.717) is 0 Å². The Bertz CT molecular complexity index is 919. The third-order valence-electron chi connectivity index (χ3n) is 5.07. The summed E-state index contributed by atoms with van der Waals surface area (Å²) in [7, 11) is 3.42. The van der Waals surface area contributed by atoms with E-state index in [2.05, 4.69) is 39.4 Å². The van der Waals surface area contributed by atoms with Gasteiger partial charge in [0.15, 0.2) is 0 Å². The van der Waals surface area contributed by atoms with E-state index in [9.17, 15) is 0 Å². The van der Waals surface area contributed by atoms with Gasteiger partial charge in [-0.15, -0.1) is 11.3 Å². The lowest BCUT2D eigenvalue weighted by Crippen LogP contribution is -2.46. The molecule has 1 fully saturated rings. The standard InChI is InChI=1S/C22H25N3O2S/c1-26-19-7-5-6-18(14-19)25-12-10-24(11-13-25)15-17-16-28-22(23-17)20-8-3-4-9-21(20)27-2/h3-9,14,16H,10-13,15H2,1-2H3. The number of para-hydroxylation sites is 1. The summed E-state index contributed by atoms with van der Waals surface area (Å²) in [5.74, 6) is 1.78. The largest absolute Gasteiger partial charge is 0.497 e. The van der Waals surface area contributed by atoms with Gasteiger partial charge in [-0.1, -0.05) is 18.2 Å². The monoisotopic (exact) mass is 395 g/mol. The highest BCUT2D eigenvalue weighted by Gasteiger charge is 2.19. The zero-order chi connectivity index (χ0) is 19.3. The summed E-state index contributed by atoms with van der Waals surface area (Å²) in [5, 5.41) is 3.18. The minimum Gasteiger partial charge on any atom is -0.497 e. The third kappa shape index (κ3) is 4.13. The summed E-state index contributed by atoms with van der Waals surface area (Å²) in [6, 6.07) is 16.3. The van der Waals surface area contributed by atoms with Crippen LogP contribution in [0, 0.1) is 0 Å². The molecule has 2 aromatic carbocycles. The Morgan fingerprint density at radius 3 is 2.57 bits per heavy atom. The fraction of sp³-hybridized carbons (Fsp3) is 0.318. The summed E-state index contributed by atoms with van der Waals surface area (Å²) in [6.07, 6.45) is 0. The first-order chi connectivity index (χ1) is 13.8. The van der Waals surface area contributed by atoms with Gasteiger partial charge >= 0.3 is 0 Å². The van der Waals surface area contributed by atoms with Crippen LogP contribution in [-0.2, 0) is 6.54 Å². The first-order valence-electron chi connectivity index (χ1n) is 9.46. The van der Waals surface area contributed by atoms with Gasteiger partial charge < -0.3 is 14.4 Å². The number of benzene rings is 2. The van der Waals surface area contributed by atoms with Crippen molar-refractivity contribution in [3.05, 3.63) is 59.6 Å². The molecule has 1 saturated heterocycles. The maximum absolute atomic E-state index is 5.47. The average molecular weight is 396 g/mol. The number of ether oxygens (including phenoxy) is 2. The number of aromatic nitrogens is 1. The molecule has 6 heteroatoms. The van der Waals surface area contributed by atoms with E-state index in [4.69, 9.17) is 14.5 Å². The molecule has 2 heterocycles. The van der Waals surface area contributed by atoms with Crippen LogP contribution in [0.25, 0.3) is 10.6 Å². The second-order valence-corrected chi connectivity index (χ2v) is 7.67. The number of methoxy groups -OCH3 is 2. The summed E-state index contributed by atoms with van der Waals surface area (Å²) in [4.78, 5) is 9.74. The maximum Gasteiger partial charge on any atom is 0.129 e. The molecule has 0 aliphatic carbocycles. The minimum atomic E-state index is 0.871. The van der Waals surface area contributed by atoms with Gasteiger partial charge in [-0.25, -0.2) is 4.98 Å². The molecular weight excluding hydrogens is 370 g/mol. The summed E-state index contributed by atoms with van der Waals surface area (Å²) >= 11 is 1.68. The van der Waals surface area contributed by atoms with E-state index >= 15 is 0 Å². The normalized spacial score (nSPS) is 14.9. The number of thiazole rings is 1. The number of piperazine rings is 1. The Labute approximate surface area is 170 Å². The third-order valence-corrected chi connectivity index (χ3v) is 5.99. The zero-order valence-electron chi connectivity index (χ0n) is 16.3. The summed E-state index contributed by atoms with van der Waals surface area (Å²) in [6.45, 7) is 4.96. The molecule has 3 aromatic rings. The summed E-state index contributed by atoms with van der Waals surface area (Å²) in [5.41, 5.74) is 3.41. The Kier molecular flexibility index (Phi) is 5.78. The Hall–Kier alpha value is -2.57. The van der Waals surface area contributed by atoms with Crippen LogP contribution in [0.5, 0.6) is 11.5 Å². The van der Waals surface area contributed by atoms with Crippen molar-refractivity contribution >= 4 is 17.0 Å². The molecular formula is C22H25N3O2S. The molecule has 0 radical (unpaired) electrons. The highest BCUT2D eigenvalue weighted by molar-refractivity contribution is 7.13. The highest BCUT2D eigenvalue weighted by Crippen LogP contribution is 2.32. The highest BCUT2D eigenvalue weighted by atomic mass is 32.1. The number of rotatable bonds is 6. The number of nitrogens with zero attached hydrogens (tertiary/aromatic N) is 3. The first kappa shape index (κ1) is 18.8. The van der Waals surface area contributed by atoms with Crippen LogP contribution in [0.4, 0.5) is 5.69 Å². The van der Waals surface area contributed by atoms with Gasteiger partial charge in [-0.05, 0) is 24.3 Å². The van der Waals surface area contributed by atoms with Crippen LogP contribution in [0.3, 0.4) is 0 Å².